The summed E-state index contributed by atoms with van der Waals surface area (Å²) in [6, 6.07) is 13.4. The van der Waals surface area contributed by atoms with Crippen molar-refractivity contribution in [2.75, 3.05) is 51.3 Å². The summed E-state index contributed by atoms with van der Waals surface area (Å²) in [5, 5.41) is 9.48. The molecule has 4 heterocycles. The highest BCUT2D eigenvalue weighted by Crippen LogP contribution is 2.31. The van der Waals surface area contributed by atoms with E-state index in [-0.39, 0.29) is 18.4 Å². The van der Waals surface area contributed by atoms with Gasteiger partial charge < -0.3 is 19.4 Å². The molecule has 206 valence electrons. The van der Waals surface area contributed by atoms with E-state index in [2.05, 4.69) is 58.7 Å². The molecule has 9 heteroatoms. The first-order valence-electron chi connectivity index (χ1n) is 14.1. The first kappa shape index (κ1) is 27.1. The van der Waals surface area contributed by atoms with Crippen LogP contribution in [-0.4, -0.2) is 89.0 Å². The van der Waals surface area contributed by atoms with Crippen LogP contribution in [0.5, 0.6) is 6.01 Å². The zero-order valence-electron chi connectivity index (χ0n) is 23.0. The Labute approximate surface area is 231 Å². The van der Waals surface area contributed by atoms with Gasteiger partial charge in [0, 0.05) is 44.3 Å². The molecule has 3 aliphatic heterocycles. The number of piperazine rings is 1. The van der Waals surface area contributed by atoms with E-state index in [0.717, 1.165) is 62.5 Å². The van der Waals surface area contributed by atoms with Crippen LogP contribution in [0.25, 0.3) is 0 Å². The van der Waals surface area contributed by atoms with Crippen molar-refractivity contribution in [3.63, 3.8) is 0 Å². The summed E-state index contributed by atoms with van der Waals surface area (Å²) in [6.45, 7) is 9.61. The molecule has 1 amide bonds. The van der Waals surface area contributed by atoms with E-state index in [1.807, 2.05) is 6.07 Å². The summed E-state index contributed by atoms with van der Waals surface area (Å²) in [5.41, 5.74) is 3.47. The van der Waals surface area contributed by atoms with Crippen LogP contribution in [0, 0.1) is 11.3 Å². The predicted octanol–water partition coefficient (Wildman–Crippen LogP) is 3.01. The van der Waals surface area contributed by atoms with Crippen LogP contribution in [0.15, 0.2) is 43.0 Å². The fourth-order valence-corrected chi connectivity index (χ4v) is 6.05. The number of anilines is 1. The Hall–Kier alpha value is -3.48. The largest absolute Gasteiger partial charge is 0.462 e. The molecule has 9 nitrogen and oxygen atoms in total. The van der Waals surface area contributed by atoms with E-state index in [0.29, 0.717) is 38.3 Å². The summed E-state index contributed by atoms with van der Waals surface area (Å²) in [6.07, 6.45) is 5.81. The second-order valence-electron chi connectivity index (χ2n) is 10.8. The molecule has 0 spiro atoms. The standard InChI is InChI=1S/C30H39N7O2/c1-3-28(38)37-18-17-36(20-24(37)13-14-31)29-26-12-8-16-35(19-23-9-5-4-6-10-23)21-27(26)32-30(33-29)39-22-25-11-7-15-34(25)2/h3-6,9-10,24-25H,1,7-8,11-13,15-22H2,2H3/t24?,25-/m0/s1. The third-order valence-corrected chi connectivity index (χ3v) is 8.22. The lowest BCUT2D eigenvalue weighted by molar-refractivity contribution is -0.128. The van der Waals surface area contributed by atoms with Gasteiger partial charge in [-0.3, -0.25) is 9.69 Å². The molecule has 5 rings (SSSR count). The lowest BCUT2D eigenvalue weighted by atomic mass is 10.1. The second kappa shape index (κ2) is 12.6. The summed E-state index contributed by atoms with van der Waals surface area (Å²) >= 11 is 0. The van der Waals surface area contributed by atoms with Gasteiger partial charge in [0.1, 0.15) is 12.4 Å². The lowest BCUT2D eigenvalue weighted by Gasteiger charge is -2.41. The summed E-state index contributed by atoms with van der Waals surface area (Å²) < 4.78 is 6.26. The topological polar surface area (TPSA) is 88.8 Å². The van der Waals surface area contributed by atoms with Crippen molar-refractivity contribution in [2.45, 2.75) is 57.3 Å². The number of hydrogen-bond acceptors (Lipinski definition) is 8. The Morgan fingerprint density at radius 2 is 2.00 bits per heavy atom. The number of benzene rings is 1. The van der Waals surface area contributed by atoms with Crippen LogP contribution in [0.4, 0.5) is 5.82 Å². The molecule has 2 aromatic rings. The second-order valence-corrected chi connectivity index (χ2v) is 10.8. The molecule has 39 heavy (non-hydrogen) atoms. The van der Waals surface area contributed by atoms with Gasteiger partial charge in [-0.2, -0.15) is 15.2 Å². The number of carbonyl (C=O) groups is 1. The molecule has 0 aliphatic carbocycles. The highest BCUT2D eigenvalue weighted by Gasteiger charge is 2.33. The number of carbonyl (C=O) groups excluding carboxylic acids is 1. The van der Waals surface area contributed by atoms with Crippen molar-refractivity contribution in [3.05, 3.63) is 59.8 Å². The number of ether oxygens (including phenoxy) is 1. The van der Waals surface area contributed by atoms with Crippen LogP contribution >= 0.6 is 0 Å². The number of rotatable bonds is 8. The number of likely N-dealkylation sites (tertiary alicyclic amines) is 1. The zero-order chi connectivity index (χ0) is 27.2. The van der Waals surface area contributed by atoms with Crippen LogP contribution < -0.4 is 9.64 Å². The minimum atomic E-state index is -0.211. The average molecular weight is 530 g/mol. The number of likely N-dealkylation sites (N-methyl/N-ethyl adjacent to an activating group) is 1. The van der Waals surface area contributed by atoms with Gasteiger partial charge in [-0.05, 0) is 57.5 Å². The maximum Gasteiger partial charge on any atom is 0.318 e. The van der Waals surface area contributed by atoms with E-state index in [1.54, 1.807) is 4.90 Å². The first-order chi connectivity index (χ1) is 19.1. The molecule has 2 saturated heterocycles. The molecule has 0 saturated carbocycles. The average Bonchev–Trinajstić information content (AvgIpc) is 3.25. The molecule has 1 unspecified atom stereocenters. The lowest BCUT2D eigenvalue weighted by Crippen LogP contribution is -2.55. The van der Waals surface area contributed by atoms with E-state index in [1.165, 1.54) is 18.1 Å². The number of aromatic nitrogens is 2. The molecular weight excluding hydrogens is 490 g/mol. The van der Waals surface area contributed by atoms with Crippen LogP contribution in [-0.2, 0) is 24.3 Å². The Morgan fingerprint density at radius 1 is 1.15 bits per heavy atom. The Morgan fingerprint density at radius 3 is 2.74 bits per heavy atom. The number of hydrogen-bond donors (Lipinski definition) is 0. The minimum Gasteiger partial charge on any atom is -0.462 e. The number of amides is 1. The third-order valence-electron chi connectivity index (χ3n) is 8.22. The predicted molar refractivity (Wildman–Crippen MR) is 150 cm³/mol. The summed E-state index contributed by atoms with van der Waals surface area (Å²) in [5.74, 6) is 0.766. The normalized spacial score (nSPS) is 22.2. The van der Waals surface area contributed by atoms with Gasteiger partial charge >= 0.3 is 6.01 Å². The molecule has 0 radical (unpaired) electrons. The molecule has 3 aliphatic rings. The van der Waals surface area contributed by atoms with Gasteiger partial charge in [0.2, 0.25) is 5.91 Å². The highest BCUT2D eigenvalue weighted by molar-refractivity contribution is 5.87. The molecule has 1 aromatic carbocycles. The monoisotopic (exact) mass is 529 g/mol. The van der Waals surface area contributed by atoms with Crippen LogP contribution in [0.1, 0.15) is 42.5 Å². The van der Waals surface area contributed by atoms with Gasteiger partial charge in [-0.1, -0.05) is 36.9 Å². The number of nitrogens with zero attached hydrogens (tertiary/aromatic N) is 7. The maximum absolute atomic E-state index is 12.5. The van der Waals surface area contributed by atoms with Crippen molar-refractivity contribution < 1.29 is 9.53 Å². The van der Waals surface area contributed by atoms with Gasteiger partial charge in [-0.25, -0.2) is 0 Å². The zero-order valence-corrected chi connectivity index (χ0v) is 23.0. The Kier molecular flexibility index (Phi) is 8.74. The van der Waals surface area contributed by atoms with Crippen LogP contribution in [0.2, 0.25) is 0 Å². The molecule has 1 aromatic heterocycles. The van der Waals surface area contributed by atoms with Crippen molar-refractivity contribution in [3.8, 4) is 12.1 Å². The fourth-order valence-electron chi connectivity index (χ4n) is 6.05. The van der Waals surface area contributed by atoms with E-state index in [9.17, 15) is 10.1 Å². The van der Waals surface area contributed by atoms with Gasteiger partial charge in [-0.15, -0.1) is 0 Å². The van der Waals surface area contributed by atoms with E-state index < -0.39 is 0 Å². The number of fused-ring (bicyclic) bond motifs is 1. The van der Waals surface area contributed by atoms with Crippen molar-refractivity contribution in [2.24, 2.45) is 0 Å². The molecule has 2 fully saturated rings. The van der Waals surface area contributed by atoms with E-state index >= 15 is 0 Å². The van der Waals surface area contributed by atoms with Crippen molar-refractivity contribution in [1.29, 1.82) is 5.26 Å². The quantitative estimate of drug-likeness (QED) is 0.482. The van der Waals surface area contributed by atoms with Crippen molar-refractivity contribution >= 4 is 11.7 Å². The molecule has 0 bridgehead atoms. The van der Waals surface area contributed by atoms with Gasteiger partial charge in [0.25, 0.3) is 0 Å². The Bertz CT molecular complexity index is 1200. The third kappa shape index (κ3) is 6.40. The number of nitriles is 1. The molecule has 0 N–H and O–H groups in total. The summed E-state index contributed by atoms with van der Waals surface area (Å²) in [4.78, 5) is 31.2. The summed E-state index contributed by atoms with van der Waals surface area (Å²) in [7, 11) is 2.14. The smallest absolute Gasteiger partial charge is 0.318 e. The van der Waals surface area contributed by atoms with Crippen molar-refractivity contribution in [1.82, 2.24) is 24.7 Å². The molecule has 2 atom stereocenters. The Balaban J connectivity index is 1.43. The SMILES string of the molecule is C=CC(=O)N1CCN(c2nc(OC[C@@H]3CCCN3C)nc3c2CCCN(Cc2ccccc2)C3)CC1CC#N. The highest BCUT2D eigenvalue weighted by atomic mass is 16.5. The maximum atomic E-state index is 12.5. The van der Waals surface area contributed by atoms with Crippen LogP contribution in [0.3, 0.4) is 0 Å². The minimum absolute atomic E-state index is 0.127. The molecular formula is C30H39N7O2. The van der Waals surface area contributed by atoms with Gasteiger partial charge in [0.05, 0.1) is 24.2 Å². The van der Waals surface area contributed by atoms with Gasteiger partial charge in [0.15, 0.2) is 0 Å². The van der Waals surface area contributed by atoms with E-state index in [4.69, 9.17) is 14.7 Å². The first-order valence-corrected chi connectivity index (χ1v) is 14.1. The fraction of sp³-hybridized carbons (Fsp3) is 0.533.